The third-order valence-electron chi connectivity index (χ3n) is 4.57. The van der Waals surface area contributed by atoms with Crippen LogP contribution in [0.2, 0.25) is 0 Å². The number of carbonyl (C=O) groups excluding carboxylic acids is 1. The highest BCUT2D eigenvalue weighted by Crippen LogP contribution is 2.31. The van der Waals surface area contributed by atoms with Gasteiger partial charge in [0.2, 0.25) is 0 Å². The molecule has 0 radical (unpaired) electrons. The van der Waals surface area contributed by atoms with E-state index in [9.17, 15) is 9.18 Å². The van der Waals surface area contributed by atoms with Crippen LogP contribution in [0.25, 0.3) is 0 Å². The van der Waals surface area contributed by atoms with E-state index in [1.54, 1.807) is 12.1 Å². The summed E-state index contributed by atoms with van der Waals surface area (Å²) in [6.45, 7) is 2.24. The maximum Gasteiger partial charge on any atom is 0.166 e. The van der Waals surface area contributed by atoms with Gasteiger partial charge in [-0.3, -0.25) is 4.79 Å². The van der Waals surface area contributed by atoms with Crippen LogP contribution in [-0.4, -0.2) is 29.8 Å². The number of benzene rings is 1. The van der Waals surface area contributed by atoms with Crippen LogP contribution in [0.4, 0.5) is 4.39 Å². The van der Waals surface area contributed by atoms with Gasteiger partial charge in [-0.05, 0) is 63.0 Å². The van der Waals surface area contributed by atoms with Gasteiger partial charge in [0.25, 0.3) is 0 Å². The van der Waals surface area contributed by atoms with Gasteiger partial charge < -0.3 is 4.90 Å². The van der Waals surface area contributed by atoms with Gasteiger partial charge in [-0.2, -0.15) is 0 Å². The van der Waals surface area contributed by atoms with E-state index in [-0.39, 0.29) is 17.5 Å². The number of rotatable bonds is 2. The number of carbonyl (C=O) groups is 1. The largest absolute Gasteiger partial charge is 0.300 e. The summed E-state index contributed by atoms with van der Waals surface area (Å²) in [5, 5.41) is 0. The maximum atomic E-state index is 12.9. The second-order valence-corrected chi connectivity index (χ2v) is 5.78. The molecule has 2 nitrogen and oxygen atoms in total. The van der Waals surface area contributed by atoms with E-state index in [1.165, 1.54) is 37.9 Å². The molecule has 2 fully saturated rings. The van der Waals surface area contributed by atoms with Crippen LogP contribution in [0, 0.1) is 11.7 Å². The molecule has 3 heteroatoms. The van der Waals surface area contributed by atoms with Crippen molar-refractivity contribution in [2.24, 2.45) is 5.92 Å². The first kappa shape index (κ1) is 12.8. The van der Waals surface area contributed by atoms with Crippen LogP contribution in [0.1, 0.15) is 42.5 Å². The van der Waals surface area contributed by atoms with Crippen LogP contribution in [0.5, 0.6) is 0 Å². The second kappa shape index (κ2) is 5.41. The minimum Gasteiger partial charge on any atom is -0.300 e. The molecule has 2 aliphatic rings. The Morgan fingerprint density at radius 2 is 1.89 bits per heavy atom. The summed E-state index contributed by atoms with van der Waals surface area (Å²) in [5.74, 6) is 0.0497. The molecule has 0 amide bonds. The standard InChI is InChI=1S/C16H20FNO/c17-14-6-4-12(5-7-14)16(19)13-8-10-18-9-2-1-3-15(18)11-13/h4-7,13,15H,1-3,8-11H2/t13-,15-/m1/s1. The van der Waals surface area contributed by atoms with Crippen molar-refractivity contribution < 1.29 is 9.18 Å². The predicted molar refractivity (Wildman–Crippen MR) is 72.7 cm³/mol. The molecular formula is C16H20FNO. The van der Waals surface area contributed by atoms with Crippen molar-refractivity contribution >= 4 is 5.78 Å². The van der Waals surface area contributed by atoms with Gasteiger partial charge in [0.05, 0.1) is 0 Å². The SMILES string of the molecule is O=C(c1ccc(F)cc1)[C@@H]1CCN2CCCC[C@@H]2C1. The van der Waals surface area contributed by atoms with Crippen molar-refractivity contribution in [2.75, 3.05) is 13.1 Å². The molecule has 2 saturated heterocycles. The first-order valence-electron chi connectivity index (χ1n) is 7.28. The fraction of sp³-hybridized carbons (Fsp3) is 0.562. The molecule has 0 bridgehead atoms. The van der Waals surface area contributed by atoms with Crippen molar-refractivity contribution in [2.45, 2.75) is 38.1 Å². The number of nitrogens with zero attached hydrogens (tertiary/aromatic N) is 1. The third kappa shape index (κ3) is 2.71. The maximum absolute atomic E-state index is 12.9. The zero-order chi connectivity index (χ0) is 13.2. The van der Waals surface area contributed by atoms with Gasteiger partial charge in [0, 0.05) is 17.5 Å². The van der Waals surface area contributed by atoms with E-state index in [2.05, 4.69) is 4.90 Å². The molecule has 0 saturated carbocycles. The highest BCUT2D eigenvalue weighted by atomic mass is 19.1. The van der Waals surface area contributed by atoms with E-state index in [0.29, 0.717) is 11.6 Å². The number of hydrogen-bond donors (Lipinski definition) is 0. The summed E-state index contributed by atoms with van der Waals surface area (Å²) in [7, 11) is 0. The Labute approximate surface area is 113 Å². The monoisotopic (exact) mass is 261 g/mol. The molecule has 0 spiro atoms. The van der Waals surface area contributed by atoms with Gasteiger partial charge in [0.1, 0.15) is 5.82 Å². The summed E-state index contributed by atoms with van der Waals surface area (Å²) in [6, 6.07) is 6.58. The number of Topliss-reactive ketones (excluding diaryl/α,β-unsaturated/α-hetero) is 1. The van der Waals surface area contributed by atoms with E-state index in [0.717, 1.165) is 19.4 Å². The Hall–Kier alpha value is -1.22. The smallest absolute Gasteiger partial charge is 0.166 e. The Morgan fingerprint density at radius 3 is 2.68 bits per heavy atom. The first-order valence-corrected chi connectivity index (χ1v) is 7.28. The summed E-state index contributed by atoms with van der Waals surface area (Å²) < 4.78 is 12.9. The van der Waals surface area contributed by atoms with Crippen LogP contribution in [0.3, 0.4) is 0 Å². The highest BCUT2D eigenvalue weighted by Gasteiger charge is 2.33. The van der Waals surface area contributed by atoms with Crippen LogP contribution >= 0.6 is 0 Å². The fourth-order valence-corrected chi connectivity index (χ4v) is 3.48. The van der Waals surface area contributed by atoms with Crippen LogP contribution < -0.4 is 0 Å². The summed E-state index contributed by atoms with van der Waals surface area (Å²) in [5.41, 5.74) is 0.663. The molecule has 2 aliphatic heterocycles. The molecule has 102 valence electrons. The lowest BCUT2D eigenvalue weighted by atomic mass is 9.82. The average Bonchev–Trinajstić information content (AvgIpc) is 2.47. The van der Waals surface area contributed by atoms with Gasteiger partial charge in [0.15, 0.2) is 5.78 Å². The van der Waals surface area contributed by atoms with Crippen molar-refractivity contribution in [3.05, 3.63) is 35.6 Å². The van der Waals surface area contributed by atoms with Gasteiger partial charge in [-0.25, -0.2) is 4.39 Å². The van der Waals surface area contributed by atoms with E-state index >= 15 is 0 Å². The van der Waals surface area contributed by atoms with E-state index in [1.807, 2.05) is 0 Å². The van der Waals surface area contributed by atoms with Crippen LogP contribution in [0.15, 0.2) is 24.3 Å². The minimum absolute atomic E-state index is 0.129. The molecule has 2 atom stereocenters. The van der Waals surface area contributed by atoms with Crippen molar-refractivity contribution in [3.8, 4) is 0 Å². The molecule has 0 unspecified atom stereocenters. The molecule has 1 aromatic rings. The number of halogens is 1. The van der Waals surface area contributed by atoms with Crippen LogP contribution in [-0.2, 0) is 0 Å². The van der Waals surface area contributed by atoms with Gasteiger partial charge in [-0.15, -0.1) is 0 Å². The fourth-order valence-electron chi connectivity index (χ4n) is 3.48. The lowest BCUT2D eigenvalue weighted by Crippen LogP contribution is -2.46. The number of piperidine rings is 2. The van der Waals surface area contributed by atoms with Crippen molar-refractivity contribution in [1.82, 2.24) is 4.90 Å². The number of hydrogen-bond acceptors (Lipinski definition) is 2. The number of fused-ring (bicyclic) bond motifs is 1. The van der Waals surface area contributed by atoms with E-state index < -0.39 is 0 Å². The number of ketones is 1. The zero-order valence-electron chi connectivity index (χ0n) is 11.1. The Bertz CT molecular complexity index is 456. The van der Waals surface area contributed by atoms with Gasteiger partial charge >= 0.3 is 0 Å². The topological polar surface area (TPSA) is 20.3 Å². The average molecular weight is 261 g/mol. The minimum atomic E-state index is -0.279. The molecule has 0 N–H and O–H groups in total. The quantitative estimate of drug-likeness (QED) is 0.761. The Balaban J connectivity index is 1.69. The predicted octanol–water partition coefficient (Wildman–Crippen LogP) is 3.27. The highest BCUT2D eigenvalue weighted by molar-refractivity contribution is 5.97. The molecular weight excluding hydrogens is 241 g/mol. The van der Waals surface area contributed by atoms with E-state index in [4.69, 9.17) is 0 Å². The summed E-state index contributed by atoms with van der Waals surface area (Å²) >= 11 is 0. The summed E-state index contributed by atoms with van der Waals surface area (Å²) in [6.07, 6.45) is 5.75. The Kier molecular flexibility index (Phi) is 3.65. The third-order valence-corrected chi connectivity index (χ3v) is 4.57. The molecule has 19 heavy (non-hydrogen) atoms. The second-order valence-electron chi connectivity index (χ2n) is 5.78. The first-order chi connectivity index (χ1) is 9.24. The molecule has 0 aliphatic carbocycles. The molecule has 2 heterocycles. The zero-order valence-corrected chi connectivity index (χ0v) is 11.1. The van der Waals surface area contributed by atoms with Crippen molar-refractivity contribution in [1.29, 1.82) is 0 Å². The lowest BCUT2D eigenvalue weighted by Gasteiger charge is -2.42. The molecule has 3 rings (SSSR count). The molecule has 0 aromatic heterocycles. The van der Waals surface area contributed by atoms with Gasteiger partial charge in [-0.1, -0.05) is 6.42 Å². The summed E-state index contributed by atoms with van der Waals surface area (Å²) in [4.78, 5) is 15.0. The lowest BCUT2D eigenvalue weighted by molar-refractivity contribution is 0.0615. The normalized spacial score (nSPS) is 27.8. The Morgan fingerprint density at radius 1 is 1.11 bits per heavy atom. The molecule has 1 aromatic carbocycles. The van der Waals surface area contributed by atoms with Crippen molar-refractivity contribution in [3.63, 3.8) is 0 Å².